The summed E-state index contributed by atoms with van der Waals surface area (Å²) in [4.78, 5) is 17.2. The zero-order valence-electron chi connectivity index (χ0n) is 15.3. The summed E-state index contributed by atoms with van der Waals surface area (Å²) in [5, 5.41) is 14.4. The molecule has 0 saturated heterocycles. The van der Waals surface area contributed by atoms with E-state index in [-0.39, 0.29) is 22.1 Å². The van der Waals surface area contributed by atoms with Crippen LogP contribution in [0.5, 0.6) is 11.5 Å². The minimum Gasteiger partial charge on any atom is -0.504 e. The van der Waals surface area contributed by atoms with Gasteiger partial charge in [0, 0.05) is 11.4 Å². The van der Waals surface area contributed by atoms with Crippen LogP contribution < -0.4 is 10.1 Å². The van der Waals surface area contributed by atoms with E-state index in [1.165, 1.54) is 31.4 Å². The van der Waals surface area contributed by atoms with Crippen molar-refractivity contribution in [3.8, 4) is 11.5 Å². The van der Waals surface area contributed by atoms with Crippen LogP contribution in [-0.4, -0.2) is 22.1 Å². The number of carbonyl (C=O) groups is 1. The fraction of sp³-hybridized carbons (Fsp3) is 0.273. The standard InChI is InChI=1S/C22H21ClN2O3/c23-17-11-10-14-12-16(25-15-6-2-1-3-7-15)13-24-21(14)20(17)22(27)28-19-9-5-4-8-18(19)26/h4-5,8-13,15,25-26H,1-3,6-7H2. The number of para-hydroxylation sites is 2. The lowest BCUT2D eigenvalue weighted by Gasteiger charge is -2.23. The second-order valence-electron chi connectivity index (χ2n) is 7.05. The highest BCUT2D eigenvalue weighted by molar-refractivity contribution is 6.35. The number of hydrogen-bond acceptors (Lipinski definition) is 5. The van der Waals surface area contributed by atoms with Gasteiger partial charge in [0.15, 0.2) is 11.5 Å². The van der Waals surface area contributed by atoms with Crippen LogP contribution in [0, 0.1) is 0 Å². The zero-order valence-corrected chi connectivity index (χ0v) is 16.1. The number of aromatic hydroxyl groups is 1. The molecule has 144 valence electrons. The predicted octanol–water partition coefficient (Wildman–Crippen LogP) is 5.56. The van der Waals surface area contributed by atoms with Crippen LogP contribution >= 0.6 is 11.6 Å². The molecule has 28 heavy (non-hydrogen) atoms. The Kier molecular flexibility index (Phi) is 5.35. The minimum absolute atomic E-state index is 0.0798. The van der Waals surface area contributed by atoms with Crippen LogP contribution in [0.3, 0.4) is 0 Å². The van der Waals surface area contributed by atoms with E-state index in [1.807, 2.05) is 12.1 Å². The Hall–Kier alpha value is -2.79. The highest BCUT2D eigenvalue weighted by Crippen LogP contribution is 2.31. The number of rotatable bonds is 4. The molecule has 1 saturated carbocycles. The maximum atomic E-state index is 12.7. The quantitative estimate of drug-likeness (QED) is 0.446. The van der Waals surface area contributed by atoms with Crippen molar-refractivity contribution in [1.82, 2.24) is 4.98 Å². The number of esters is 1. The molecule has 0 spiro atoms. The molecular formula is C22H21ClN2O3. The number of benzene rings is 2. The molecule has 6 heteroatoms. The van der Waals surface area contributed by atoms with Crippen molar-refractivity contribution in [3.05, 3.63) is 59.2 Å². The summed E-state index contributed by atoms with van der Waals surface area (Å²) in [5.74, 6) is -0.687. The van der Waals surface area contributed by atoms with Gasteiger partial charge in [-0.1, -0.05) is 49.1 Å². The number of hydrogen-bond donors (Lipinski definition) is 2. The molecule has 0 radical (unpaired) electrons. The molecule has 0 unspecified atom stereocenters. The first kappa shape index (κ1) is 18.6. The van der Waals surface area contributed by atoms with E-state index >= 15 is 0 Å². The van der Waals surface area contributed by atoms with Gasteiger partial charge in [0.1, 0.15) is 5.56 Å². The summed E-state index contributed by atoms with van der Waals surface area (Å²) < 4.78 is 5.34. The molecule has 0 bridgehead atoms. The van der Waals surface area contributed by atoms with Crippen molar-refractivity contribution in [2.45, 2.75) is 38.1 Å². The largest absolute Gasteiger partial charge is 0.504 e. The van der Waals surface area contributed by atoms with Crippen LogP contribution in [0.1, 0.15) is 42.5 Å². The fourth-order valence-electron chi connectivity index (χ4n) is 3.63. The van der Waals surface area contributed by atoms with Crippen molar-refractivity contribution in [2.24, 2.45) is 0 Å². The number of halogens is 1. The summed E-state index contributed by atoms with van der Waals surface area (Å²) in [6, 6.07) is 12.2. The Balaban J connectivity index is 1.63. The van der Waals surface area contributed by atoms with E-state index in [1.54, 1.807) is 24.4 Å². The van der Waals surface area contributed by atoms with Crippen LogP contribution in [-0.2, 0) is 0 Å². The van der Waals surface area contributed by atoms with Gasteiger partial charge in [-0.2, -0.15) is 0 Å². The second kappa shape index (κ2) is 8.07. The summed E-state index contributed by atoms with van der Waals surface area (Å²) in [6.07, 6.45) is 7.85. The Bertz CT molecular complexity index is 1020. The number of anilines is 1. The van der Waals surface area contributed by atoms with Crippen molar-refractivity contribution in [1.29, 1.82) is 0 Å². The van der Waals surface area contributed by atoms with Gasteiger partial charge in [-0.15, -0.1) is 0 Å². The number of ether oxygens (including phenoxy) is 1. The van der Waals surface area contributed by atoms with Crippen LogP contribution in [0.15, 0.2) is 48.7 Å². The van der Waals surface area contributed by atoms with Gasteiger partial charge in [-0.3, -0.25) is 4.98 Å². The third-order valence-corrected chi connectivity index (χ3v) is 5.36. The molecule has 1 fully saturated rings. The molecule has 1 aromatic heterocycles. The molecule has 0 atom stereocenters. The van der Waals surface area contributed by atoms with E-state index in [0.717, 1.165) is 23.9 Å². The highest BCUT2D eigenvalue weighted by Gasteiger charge is 2.20. The molecule has 0 aliphatic heterocycles. The van der Waals surface area contributed by atoms with E-state index in [2.05, 4.69) is 10.3 Å². The monoisotopic (exact) mass is 396 g/mol. The van der Waals surface area contributed by atoms with Crippen molar-refractivity contribution in [2.75, 3.05) is 5.32 Å². The molecule has 1 aliphatic rings. The van der Waals surface area contributed by atoms with E-state index in [4.69, 9.17) is 16.3 Å². The molecule has 4 rings (SSSR count). The van der Waals surface area contributed by atoms with Gasteiger partial charge in [-0.05, 0) is 37.1 Å². The molecule has 5 nitrogen and oxygen atoms in total. The Morgan fingerprint density at radius 1 is 1.14 bits per heavy atom. The first-order valence-electron chi connectivity index (χ1n) is 9.47. The minimum atomic E-state index is -0.655. The lowest BCUT2D eigenvalue weighted by Crippen LogP contribution is -2.22. The van der Waals surface area contributed by atoms with Gasteiger partial charge in [0.05, 0.1) is 22.4 Å². The van der Waals surface area contributed by atoms with Gasteiger partial charge in [-0.25, -0.2) is 4.79 Å². The molecule has 2 aromatic carbocycles. The maximum Gasteiger partial charge on any atom is 0.347 e. The van der Waals surface area contributed by atoms with Crippen molar-refractivity contribution in [3.63, 3.8) is 0 Å². The molecule has 3 aromatic rings. The number of pyridine rings is 1. The normalized spacial score (nSPS) is 14.8. The summed E-state index contributed by atoms with van der Waals surface area (Å²) in [6.45, 7) is 0. The van der Waals surface area contributed by atoms with Gasteiger partial charge >= 0.3 is 5.97 Å². The smallest absolute Gasteiger partial charge is 0.347 e. The molecule has 2 N–H and O–H groups in total. The number of aromatic nitrogens is 1. The SMILES string of the molecule is O=C(Oc1ccccc1O)c1c(Cl)ccc2cc(NC3CCCCC3)cnc12. The maximum absolute atomic E-state index is 12.7. The van der Waals surface area contributed by atoms with Crippen molar-refractivity contribution >= 4 is 34.2 Å². The molecule has 0 amide bonds. The number of phenolic OH excluding ortho intramolecular Hbond substituents is 1. The molecular weight excluding hydrogens is 376 g/mol. The number of nitrogens with zero attached hydrogens (tertiary/aromatic N) is 1. The Morgan fingerprint density at radius 2 is 1.93 bits per heavy atom. The zero-order chi connectivity index (χ0) is 19.5. The van der Waals surface area contributed by atoms with Gasteiger partial charge < -0.3 is 15.2 Å². The number of carbonyl (C=O) groups excluding carboxylic acids is 1. The number of phenols is 1. The molecule has 1 heterocycles. The van der Waals surface area contributed by atoms with Crippen LogP contribution in [0.4, 0.5) is 5.69 Å². The first-order chi connectivity index (χ1) is 13.6. The van der Waals surface area contributed by atoms with Gasteiger partial charge in [0.2, 0.25) is 0 Å². The average molecular weight is 397 g/mol. The molecule has 1 aliphatic carbocycles. The van der Waals surface area contributed by atoms with E-state index < -0.39 is 5.97 Å². The summed E-state index contributed by atoms with van der Waals surface area (Å²) in [7, 11) is 0. The van der Waals surface area contributed by atoms with Crippen LogP contribution in [0.25, 0.3) is 10.9 Å². The predicted molar refractivity (Wildman–Crippen MR) is 110 cm³/mol. The van der Waals surface area contributed by atoms with E-state index in [0.29, 0.717) is 11.6 Å². The Labute approximate surface area is 168 Å². The lowest BCUT2D eigenvalue weighted by atomic mass is 9.95. The third-order valence-electron chi connectivity index (χ3n) is 5.05. The number of nitrogens with one attached hydrogen (secondary N) is 1. The van der Waals surface area contributed by atoms with Crippen LogP contribution in [0.2, 0.25) is 5.02 Å². The number of fused-ring (bicyclic) bond motifs is 1. The topological polar surface area (TPSA) is 71.5 Å². The lowest BCUT2D eigenvalue weighted by molar-refractivity contribution is 0.0731. The highest BCUT2D eigenvalue weighted by atomic mass is 35.5. The average Bonchev–Trinajstić information content (AvgIpc) is 2.70. The summed E-state index contributed by atoms with van der Waals surface area (Å²) >= 11 is 6.28. The summed E-state index contributed by atoms with van der Waals surface area (Å²) in [5.41, 5.74) is 1.59. The van der Waals surface area contributed by atoms with E-state index in [9.17, 15) is 9.90 Å². The van der Waals surface area contributed by atoms with Crippen molar-refractivity contribution < 1.29 is 14.6 Å². The van der Waals surface area contributed by atoms with Gasteiger partial charge in [0.25, 0.3) is 0 Å². The first-order valence-corrected chi connectivity index (χ1v) is 9.84. The second-order valence-corrected chi connectivity index (χ2v) is 7.46. The third kappa shape index (κ3) is 3.90. The Morgan fingerprint density at radius 3 is 2.71 bits per heavy atom. The fourth-order valence-corrected chi connectivity index (χ4v) is 3.86.